The van der Waals surface area contributed by atoms with E-state index in [1.165, 1.54) is 25.7 Å². The van der Waals surface area contributed by atoms with Gasteiger partial charge < -0.3 is 29.7 Å². The van der Waals surface area contributed by atoms with Gasteiger partial charge in [0.2, 0.25) is 11.8 Å². The van der Waals surface area contributed by atoms with E-state index >= 15 is 0 Å². The number of hydrogen-bond acceptors (Lipinski definition) is 10. The van der Waals surface area contributed by atoms with Crippen LogP contribution in [-0.4, -0.2) is 140 Å². The van der Waals surface area contributed by atoms with Crippen molar-refractivity contribution < 1.29 is 24.2 Å². The Morgan fingerprint density at radius 1 is 1.04 bits per heavy atom. The largest absolute Gasteiger partial charge is 0.390 e. The van der Waals surface area contributed by atoms with Crippen molar-refractivity contribution in [3.05, 3.63) is 0 Å². The molecule has 4 aliphatic heterocycles. The summed E-state index contributed by atoms with van der Waals surface area (Å²) in [7, 11) is 0. The molecule has 4 heterocycles. The number of fused-ring (bicyclic) bond motifs is 1. The molecule has 6 rings (SSSR count). The fourth-order valence-corrected chi connectivity index (χ4v) is 8.95. The van der Waals surface area contributed by atoms with Crippen molar-refractivity contribution in [2.24, 2.45) is 23.7 Å². The highest BCUT2D eigenvalue weighted by Crippen LogP contribution is 2.41. The lowest BCUT2D eigenvalue weighted by Gasteiger charge is -2.47. The van der Waals surface area contributed by atoms with Crippen LogP contribution in [0.4, 0.5) is 0 Å². The lowest BCUT2D eigenvalue weighted by atomic mass is 9.68. The van der Waals surface area contributed by atoms with Crippen LogP contribution in [0.1, 0.15) is 72.1 Å². The Morgan fingerprint density at radius 3 is 2.54 bits per heavy atom. The summed E-state index contributed by atoms with van der Waals surface area (Å²) in [4.78, 5) is 32.1. The number of β-amino-alcohol motifs (C(OH)–C–C–N with tert-alkyl or cyclic N) is 1. The number of carbonyl (C=O) groups is 2. The summed E-state index contributed by atoms with van der Waals surface area (Å²) < 4.78 is 12.2. The van der Waals surface area contributed by atoms with Crippen molar-refractivity contribution in [1.29, 1.82) is 0 Å². The maximum Gasteiger partial charge on any atom is 0.223 e. The number of amides is 2. The summed E-state index contributed by atoms with van der Waals surface area (Å²) in [5.41, 5.74) is 0. The van der Waals surface area contributed by atoms with Crippen molar-refractivity contribution in [3.8, 4) is 0 Å². The number of aliphatic hydroxyl groups is 1. The highest BCUT2D eigenvalue weighted by atomic mass is 16.5. The monoisotopic (exact) mass is 647 g/mol. The Hall–Kier alpha value is -1.38. The Kier molecular flexibility index (Phi) is 11.9. The van der Waals surface area contributed by atoms with Crippen LogP contribution in [0, 0.1) is 23.7 Å². The van der Waals surface area contributed by atoms with E-state index < -0.39 is 6.10 Å². The normalized spacial score (nSPS) is 38.6. The summed E-state index contributed by atoms with van der Waals surface area (Å²) in [6.45, 7) is 13.4. The second-order valence-corrected chi connectivity index (χ2v) is 15.3. The SMILES string of the molecule is CC(=O)N1CCN(C2CC(C(=O)NC[C@H](O)CN3CCC4C(CCC(OCC5OCNC5C)C4C)C3)CC(NC3CCC3)N2)CC1. The van der Waals surface area contributed by atoms with Crippen LogP contribution in [0.25, 0.3) is 0 Å². The summed E-state index contributed by atoms with van der Waals surface area (Å²) >= 11 is 0. The smallest absolute Gasteiger partial charge is 0.223 e. The van der Waals surface area contributed by atoms with Gasteiger partial charge in [0.1, 0.15) is 0 Å². The standard InChI is InChI=1S/C34H61N7O5/c1-22-29-9-10-39(18-25(29)7-8-30(22)45-20-31-23(2)36-21-46-31)19-28(43)17-35-34(44)26-15-32(37-27-5-4-6-27)38-33(16-26)41-13-11-40(12-14-41)24(3)42/h22-23,25-33,36-38,43H,4-21H2,1-3H3,(H,35,44)/t22?,23?,25?,26?,28-,29?,30?,31?,32?,33?/m0/s1. The highest BCUT2D eigenvalue weighted by Gasteiger charge is 2.42. The van der Waals surface area contributed by atoms with Crippen LogP contribution in [0.5, 0.6) is 0 Å². The van der Waals surface area contributed by atoms with Gasteiger partial charge >= 0.3 is 0 Å². The average Bonchev–Trinajstić information content (AvgIpc) is 3.45. The fraction of sp³-hybridized carbons (Fsp3) is 0.941. The lowest BCUT2D eigenvalue weighted by molar-refractivity contribution is -0.131. The van der Waals surface area contributed by atoms with Crippen LogP contribution >= 0.6 is 0 Å². The summed E-state index contributed by atoms with van der Waals surface area (Å²) in [5.74, 6) is 1.89. The van der Waals surface area contributed by atoms with Gasteiger partial charge in [0.25, 0.3) is 0 Å². The number of hydrogen-bond donors (Lipinski definition) is 5. The molecule has 10 atom stereocenters. The quantitative estimate of drug-likeness (QED) is 0.216. The lowest BCUT2D eigenvalue weighted by Crippen LogP contribution is -2.64. The predicted molar refractivity (Wildman–Crippen MR) is 176 cm³/mol. The van der Waals surface area contributed by atoms with Crippen molar-refractivity contribution in [2.75, 3.05) is 65.7 Å². The molecule has 262 valence electrons. The van der Waals surface area contributed by atoms with Crippen molar-refractivity contribution in [1.82, 2.24) is 36.0 Å². The predicted octanol–water partition coefficient (Wildman–Crippen LogP) is 0.509. The van der Waals surface area contributed by atoms with Crippen molar-refractivity contribution in [2.45, 2.75) is 115 Å². The molecule has 2 saturated carbocycles. The zero-order valence-electron chi connectivity index (χ0n) is 28.5. The van der Waals surface area contributed by atoms with E-state index in [4.69, 9.17) is 9.47 Å². The van der Waals surface area contributed by atoms with Gasteiger partial charge in [0.15, 0.2) is 0 Å². The molecule has 2 aliphatic carbocycles. The molecule has 0 aromatic rings. The zero-order chi connectivity index (χ0) is 32.2. The van der Waals surface area contributed by atoms with E-state index in [1.54, 1.807) is 6.92 Å². The third-order valence-corrected chi connectivity index (χ3v) is 12.2. The number of carbonyl (C=O) groups excluding carboxylic acids is 2. The summed E-state index contributed by atoms with van der Waals surface area (Å²) in [6.07, 6.45) is 8.60. The van der Waals surface area contributed by atoms with E-state index in [0.717, 1.165) is 65.0 Å². The fourth-order valence-electron chi connectivity index (χ4n) is 8.95. The molecule has 12 nitrogen and oxygen atoms in total. The molecular weight excluding hydrogens is 586 g/mol. The maximum absolute atomic E-state index is 13.5. The molecule has 0 radical (unpaired) electrons. The third kappa shape index (κ3) is 8.61. The van der Waals surface area contributed by atoms with Crippen LogP contribution in [0.3, 0.4) is 0 Å². The Labute approximate surface area is 276 Å². The molecule has 0 bridgehead atoms. The van der Waals surface area contributed by atoms with Gasteiger partial charge in [-0.3, -0.25) is 30.4 Å². The highest BCUT2D eigenvalue weighted by molar-refractivity contribution is 5.79. The number of nitrogens with one attached hydrogen (secondary N) is 4. The van der Waals surface area contributed by atoms with E-state index in [9.17, 15) is 14.7 Å². The van der Waals surface area contributed by atoms with Gasteiger partial charge in [-0.15, -0.1) is 0 Å². The molecule has 4 saturated heterocycles. The zero-order valence-corrected chi connectivity index (χ0v) is 28.5. The second-order valence-electron chi connectivity index (χ2n) is 15.3. The first kappa shape index (κ1) is 34.5. The van der Waals surface area contributed by atoms with Crippen LogP contribution in [0.2, 0.25) is 0 Å². The molecule has 2 amide bonds. The Bertz CT molecular complexity index is 1010. The van der Waals surface area contributed by atoms with E-state index in [0.29, 0.717) is 62.4 Å². The van der Waals surface area contributed by atoms with Crippen molar-refractivity contribution >= 4 is 11.8 Å². The first-order valence-corrected chi connectivity index (χ1v) is 18.4. The van der Waals surface area contributed by atoms with Crippen molar-refractivity contribution in [3.63, 3.8) is 0 Å². The minimum atomic E-state index is -0.583. The second kappa shape index (κ2) is 15.9. The van der Waals surface area contributed by atoms with Crippen LogP contribution in [-0.2, 0) is 19.1 Å². The Morgan fingerprint density at radius 2 is 1.85 bits per heavy atom. The molecule has 0 spiro atoms. The number of likely N-dealkylation sites (tertiary alicyclic amines) is 1. The van der Waals surface area contributed by atoms with E-state index in [-0.39, 0.29) is 36.2 Å². The molecular formula is C34H61N7O5. The van der Waals surface area contributed by atoms with Gasteiger partial charge in [0.05, 0.1) is 44.0 Å². The number of piperidine rings is 2. The summed E-state index contributed by atoms with van der Waals surface area (Å²) in [6, 6.07) is 0.869. The Balaban J connectivity index is 0.937. The molecule has 46 heavy (non-hydrogen) atoms. The molecule has 0 aromatic carbocycles. The first-order chi connectivity index (χ1) is 22.2. The number of ether oxygens (including phenoxy) is 2. The van der Waals surface area contributed by atoms with Crippen LogP contribution in [0.15, 0.2) is 0 Å². The number of piperazine rings is 1. The summed E-state index contributed by atoms with van der Waals surface area (Å²) in [5, 5.41) is 25.0. The number of rotatable bonds is 11. The average molecular weight is 648 g/mol. The molecule has 6 aliphatic rings. The van der Waals surface area contributed by atoms with Gasteiger partial charge in [-0.1, -0.05) is 13.3 Å². The number of nitrogens with zero attached hydrogens (tertiary/aromatic N) is 3. The maximum atomic E-state index is 13.5. The molecule has 5 N–H and O–H groups in total. The van der Waals surface area contributed by atoms with Gasteiger partial charge in [-0.2, -0.15) is 0 Å². The number of aliphatic hydroxyl groups excluding tert-OH is 1. The first-order valence-electron chi connectivity index (χ1n) is 18.4. The molecule has 9 unspecified atom stereocenters. The minimum absolute atomic E-state index is 0.0485. The third-order valence-electron chi connectivity index (χ3n) is 12.2. The topological polar surface area (TPSA) is 131 Å². The van der Waals surface area contributed by atoms with Gasteiger partial charge in [-0.25, -0.2) is 0 Å². The van der Waals surface area contributed by atoms with E-state index in [2.05, 4.69) is 44.9 Å². The van der Waals surface area contributed by atoms with Gasteiger partial charge in [-0.05, 0) is 76.2 Å². The molecule has 6 fully saturated rings. The van der Waals surface area contributed by atoms with Gasteiger partial charge in [0, 0.05) is 70.7 Å². The minimum Gasteiger partial charge on any atom is -0.390 e. The van der Waals surface area contributed by atoms with E-state index in [1.807, 2.05) is 4.90 Å². The van der Waals surface area contributed by atoms with Crippen LogP contribution < -0.4 is 21.3 Å². The molecule has 12 heteroatoms. The molecule has 0 aromatic heterocycles.